The summed E-state index contributed by atoms with van der Waals surface area (Å²) in [5.74, 6) is -1.33. The van der Waals surface area contributed by atoms with Crippen molar-refractivity contribution >= 4 is 7.82 Å². The molecule has 0 spiro atoms. The molecule has 5 atom stereocenters. The van der Waals surface area contributed by atoms with Crippen LogP contribution < -0.4 is 22.3 Å². The van der Waals surface area contributed by atoms with Gasteiger partial charge in [0.15, 0.2) is 6.23 Å². The van der Waals surface area contributed by atoms with Crippen molar-refractivity contribution < 1.29 is 38.2 Å². The smallest absolute Gasteiger partial charge is 0.330 e. The summed E-state index contributed by atoms with van der Waals surface area (Å²) in [5.41, 5.74) is -2.39. The zero-order chi connectivity index (χ0) is 16.7. The number of hydrogen-bond donors (Lipinski definition) is 5. The number of rotatable bonds is 4. The maximum absolute atomic E-state index is 13.2. The van der Waals surface area contributed by atoms with Gasteiger partial charge in [-0.1, -0.05) is 0 Å². The second kappa shape index (κ2) is 6.98. The molecule has 0 aliphatic carbocycles. The maximum atomic E-state index is 13.2. The Kier molecular flexibility index (Phi) is 5.95. The number of phosphoric ester groups is 1. The molecule has 1 aliphatic rings. The molecule has 0 radical (unpaired) electrons. The molecule has 1 aliphatic heterocycles. The molecule has 1 saturated heterocycles. The van der Waals surface area contributed by atoms with Crippen molar-refractivity contribution in [3.05, 3.63) is 32.9 Å². The Hall–Kier alpha value is -1.44. The number of nitrogens with one attached hydrogen (secondary N) is 1. The second-order valence-corrected chi connectivity index (χ2v) is 5.65. The number of quaternary nitrogens is 1. The quantitative estimate of drug-likeness (QED) is 0.349. The van der Waals surface area contributed by atoms with Gasteiger partial charge in [-0.2, -0.15) is 4.39 Å². The number of aromatic amines is 1. The molecule has 12 nitrogen and oxygen atoms in total. The third kappa shape index (κ3) is 4.31. The highest BCUT2D eigenvalue weighted by atomic mass is 31.2. The highest BCUT2D eigenvalue weighted by molar-refractivity contribution is 7.44. The van der Waals surface area contributed by atoms with Crippen LogP contribution >= 0.6 is 7.82 Å². The molecule has 1 aromatic rings. The lowest BCUT2D eigenvalue weighted by Crippen LogP contribution is -2.38. The van der Waals surface area contributed by atoms with E-state index in [0.717, 1.165) is 0 Å². The average molecular weight is 359 g/mol. The first-order valence-corrected chi connectivity index (χ1v) is 7.30. The van der Waals surface area contributed by atoms with Crippen LogP contribution in [0.3, 0.4) is 0 Å². The van der Waals surface area contributed by atoms with Crippen molar-refractivity contribution in [1.29, 1.82) is 0 Å². The topological polar surface area (TPSA) is 211 Å². The van der Waals surface area contributed by atoms with Gasteiger partial charge in [-0.25, -0.2) is 4.79 Å². The molecule has 2 rings (SSSR count). The van der Waals surface area contributed by atoms with Crippen molar-refractivity contribution in [3.8, 4) is 0 Å². The van der Waals surface area contributed by atoms with Gasteiger partial charge in [0.2, 0.25) is 5.82 Å². The molecule has 0 amide bonds. The van der Waals surface area contributed by atoms with E-state index in [2.05, 4.69) is 4.52 Å². The van der Waals surface area contributed by atoms with Gasteiger partial charge in [-0.05, 0) is 0 Å². The summed E-state index contributed by atoms with van der Waals surface area (Å²) in [4.78, 5) is 43.0. The minimum Gasteiger partial charge on any atom is -0.756 e. The fraction of sp³-hybridized carbons (Fsp3) is 0.556. The largest absolute Gasteiger partial charge is 0.756 e. The van der Waals surface area contributed by atoms with Crippen LogP contribution in [-0.4, -0.2) is 49.6 Å². The number of aliphatic hydroxyl groups excluding tert-OH is 2. The highest BCUT2D eigenvalue weighted by Crippen LogP contribution is 2.34. The highest BCUT2D eigenvalue weighted by Gasteiger charge is 2.44. The van der Waals surface area contributed by atoms with E-state index in [9.17, 15) is 33.7 Å². The molecule has 0 saturated carbocycles. The Bertz CT molecular complexity index is 715. The summed E-state index contributed by atoms with van der Waals surface area (Å²) < 4.78 is 33.2. The number of H-pyrrole nitrogens is 1. The molecule has 2 heterocycles. The normalized spacial score (nSPS) is 29.8. The van der Waals surface area contributed by atoms with Gasteiger partial charge in [0.05, 0.1) is 12.8 Å². The van der Waals surface area contributed by atoms with Gasteiger partial charge in [0.1, 0.15) is 18.3 Å². The summed E-state index contributed by atoms with van der Waals surface area (Å²) in [6, 6.07) is 0. The first-order chi connectivity index (χ1) is 10.1. The fourth-order valence-corrected chi connectivity index (χ4v) is 2.25. The molecule has 8 N–H and O–H groups in total. The maximum Gasteiger partial charge on any atom is 0.330 e. The Morgan fingerprint density at radius 2 is 2.04 bits per heavy atom. The van der Waals surface area contributed by atoms with Crippen molar-refractivity contribution in [2.24, 2.45) is 0 Å². The average Bonchev–Trinajstić information content (AvgIpc) is 2.68. The zero-order valence-electron chi connectivity index (χ0n) is 11.7. The first-order valence-electron chi connectivity index (χ1n) is 5.81. The number of hydrogen-bond acceptors (Lipinski definition) is 8. The standard InChI is InChI=1S/C9H12FN2O9P.H3N/c10-3-1-12(9(16)11-7(3)15)8-6(14)5(13)4(21-8)2-20-22(17,18)19;/h1,4-6,8,13-14H,2H2,(H,11,15,16)(H2,17,18,19);1H3/t4-,5-,6-,8-;/m1./s1. The lowest BCUT2D eigenvalue weighted by Gasteiger charge is -2.20. The van der Waals surface area contributed by atoms with E-state index in [0.29, 0.717) is 10.8 Å². The summed E-state index contributed by atoms with van der Waals surface area (Å²) in [6.45, 7) is -0.841. The SMILES string of the molecule is O=c1[nH]c(=O)n([C@@H]2O[C@H](COP(=O)([O-])O)[C@@H](O)[C@H]2O)cc1F.[NH4+]. The zero-order valence-corrected chi connectivity index (χ0v) is 12.6. The Morgan fingerprint density at radius 3 is 2.61 bits per heavy atom. The Labute approximate surface area is 126 Å². The van der Waals surface area contributed by atoms with Gasteiger partial charge in [0, 0.05) is 0 Å². The molecule has 1 unspecified atom stereocenters. The van der Waals surface area contributed by atoms with Gasteiger partial charge in [-0.3, -0.25) is 18.9 Å². The molecular weight excluding hydrogens is 344 g/mol. The second-order valence-electron chi connectivity index (χ2n) is 4.45. The number of aromatic nitrogens is 2. The van der Waals surface area contributed by atoms with Crippen LogP contribution in [0.1, 0.15) is 6.23 Å². The van der Waals surface area contributed by atoms with Crippen molar-refractivity contribution in [2.45, 2.75) is 24.5 Å². The van der Waals surface area contributed by atoms with Crippen LogP contribution in [0.4, 0.5) is 4.39 Å². The predicted octanol–water partition coefficient (Wildman–Crippen LogP) is -2.85. The minimum absolute atomic E-state index is 0. The minimum atomic E-state index is -5.08. The lowest BCUT2D eigenvalue weighted by atomic mass is 10.1. The van der Waals surface area contributed by atoms with Gasteiger partial charge < -0.3 is 35.4 Å². The first kappa shape index (κ1) is 19.6. The Morgan fingerprint density at radius 1 is 1.43 bits per heavy atom. The van der Waals surface area contributed by atoms with E-state index < -0.39 is 56.0 Å². The molecule has 0 aromatic carbocycles. The van der Waals surface area contributed by atoms with E-state index >= 15 is 0 Å². The monoisotopic (exact) mass is 359 g/mol. The number of aliphatic hydroxyl groups is 2. The van der Waals surface area contributed by atoms with Crippen LogP contribution in [-0.2, 0) is 13.8 Å². The number of ether oxygens (including phenoxy) is 1. The van der Waals surface area contributed by atoms with E-state index in [1.807, 2.05) is 0 Å². The van der Waals surface area contributed by atoms with Crippen LogP contribution in [0.15, 0.2) is 15.8 Å². The number of phosphoric acid groups is 1. The third-order valence-corrected chi connectivity index (χ3v) is 3.41. The molecule has 14 heteroatoms. The molecule has 0 bridgehead atoms. The fourth-order valence-electron chi connectivity index (χ4n) is 1.91. The van der Waals surface area contributed by atoms with E-state index in [-0.39, 0.29) is 6.15 Å². The van der Waals surface area contributed by atoms with Gasteiger partial charge in [-0.15, -0.1) is 0 Å². The predicted molar refractivity (Wildman–Crippen MR) is 69.0 cm³/mol. The van der Waals surface area contributed by atoms with Crippen LogP contribution in [0.2, 0.25) is 0 Å². The van der Waals surface area contributed by atoms with Gasteiger partial charge >= 0.3 is 5.69 Å². The van der Waals surface area contributed by atoms with Crippen LogP contribution in [0.25, 0.3) is 0 Å². The summed E-state index contributed by atoms with van der Waals surface area (Å²) in [5, 5.41) is 19.5. The number of nitrogens with zero attached hydrogens (tertiary/aromatic N) is 1. The molecular formula is C9H15FN3O9P. The van der Waals surface area contributed by atoms with E-state index in [1.165, 1.54) is 0 Å². The summed E-state index contributed by atoms with van der Waals surface area (Å²) in [7, 11) is -5.08. The number of halogens is 1. The summed E-state index contributed by atoms with van der Waals surface area (Å²) in [6.07, 6.45) is -5.96. The van der Waals surface area contributed by atoms with Crippen molar-refractivity contribution in [1.82, 2.24) is 15.7 Å². The summed E-state index contributed by atoms with van der Waals surface area (Å²) >= 11 is 0. The van der Waals surface area contributed by atoms with Crippen LogP contribution in [0, 0.1) is 5.82 Å². The Balaban J connectivity index is 0.00000264. The van der Waals surface area contributed by atoms with E-state index in [1.54, 1.807) is 4.98 Å². The van der Waals surface area contributed by atoms with Crippen LogP contribution in [0.5, 0.6) is 0 Å². The molecule has 1 fully saturated rings. The van der Waals surface area contributed by atoms with Crippen molar-refractivity contribution in [3.63, 3.8) is 0 Å². The van der Waals surface area contributed by atoms with Crippen molar-refractivity contribution in [2.75, 3.05) is 6.61 Å². The van der Waals surface area contributed by atoms with E-state index in [4.69, 9.17) is 9.63 Å². The third-order valence-electron chi connectivity index (χ3n) is 2.94. The molecule has 132 valence electrons. The lowest BCUT2D eigenvalue weighted by molar-refractivity contribution is -0.222. The molecule has 23 heavy (non-hydrogen) atoms. The molecule has 1 aromatic heterocycles. The van der Waals surface area contributed by atoms with Gasteiger partial charge in [0.25, 0.3) is 13.4 Å².